The highest BCUT2D eigenvalue weighted by Gasteiger charge is 2.18. The summed E-state index contributed by atoms with van der Waals surface area (Å²) in [7, 11) is -0.233. The van der Waals surface area contributed by atoms with Crippen molar-refractivity contribution in [2.45, 2.75) is 0 Å². The number of anilines is 1. The van der Waals surface area contributed by atoms with E-state index in [4.69, 9.17) is 0 Å². The van der Waals surface area contributed by atoms with Crippen molar-refractivity contribution in [2.24, 2.45) is 0 Å². The van der Waals surface area contributed by atoms with Crippen molar-refractivity contribution in [2.75, 3.05) is 38.2 Å². The first-order chi connectivity index (χ1) is 9.24. The molecule has 0 aliphatic heterocycles. The second kappa shape index (κ2) is 8.16. The summed E-state index contributed by atoms with van der Waals surface area (Å²) in [6.45, 7) is 0.997. The van der Waals surface area contributed by atoms with Crippen molar-refractivity contribution in [3.8, 4) is 0 Å². The minimum Gasteiger partial charge on any atom is -0.340 e. The number of benzene rings is 1. The molecule has 0 aromatic heterocycles. The summed E-state index contributed by atoms with van der Waals surface area (Å²) >= 11 is 0. The van der Waals surface area contributed by atoms with Crippen LogP contribution in [-0.4, -0.2) is 52.7 Å². The maximum atomic E-state index is 13.3. The highest BCUT2D eigenvalue weighted by molar-refractivity contribution is 7.92. The molecule has 1 rings (SSSR count). The fraction of sp³-hybridized carbons (Fsp3) is 0.417. The minimum atomic E-state index is -3.54. The van der Waals surface area contributed by atoms with Gasteiger partial charge in [-0.15, -0.1) is 12.4 Å². The molecule has 2 N–H and O–H groups in total. The van der Waals surface area contributed by atoms with Gasteiger partial charge >= 0.3 is 0 Å². The third kappa shape index (κ3) is 6.28. The number of sulfonamides is 1. The van der Waals surface area contributed by atoms with E-state index < -0.39 is 21.7 Å². The molecule has 0 radical (unpaired) electrons. The highest BCUT2D eigenvalue weighted by Crippen LogP contribution is 2.19. The van der Waals surface area contributed by atoms with Crippen LogP contribution >= 0.6 is 12.4 Å². The molecular weight excluding hydrogens is 321 g/mol. The van der Waals surface area contributed by atoms with Gasteiger partial charge in [0.05, 0.1) is 17.5 Å². The average molecular weight is 340 g/mol. The third-order valence-electron chi connectivity index (χ3n) is 2.55. The standard InChI is InChI=1S/C12H18FN3O3S.ClH/c1-14-6-7-16(2)12(17)10-8-9(13)4-5-11(10)15-20(3,18)19;/h4-5,8,14-15H,6-7H2,1-3H3;1H. The maximum Gasteiger partial charge on any atom is 0.255 e. The number of nitrogens with one attached hydrogen (secondary N) is 2. The largest absolute Gasteiger partial charge is 0.340 e. The van der Waals surface area contributed by atoms with E-state index in [0.717, 1.165) is 18.4 Å². The van der Waals surface area contributed by atoms with Gasteiger partial charge in [-0.1, -0.05) is 0 Å². The summed E-state index contributed by atoms with van der Waals surface area (Å²) in [5.41, 5.74) is 0.0456. The molecule has 0 bridgehead atoms. The molecule has 1 aromatic rings. The van der Waals surface area contributed by atoms with Gasteiger partial charge in [0.25, 0.3) is 5.91 Å². The van der Waals surface area contributed by atoms with Crippen molar-refractivity contribution in [1.29, 1.82) is 0 Å². The number of nitrogens with zero attached hydrogens (tertiary/aromatic N) is 1. The van der Waals surface area contributed by atoms with Gasteiger partial charge in [-0.05, 0) is 25.2 Å². The van der Waals surface area contributed by atoms with Gasteiger partial charge < -0.3 is 10.2 Å². The van der Waals surface area contributed by atoms with Gasteiger partial charge in [0.1, 0.15) is 5.82 Å². The van der Waals surface area contributed by atoms with Gasteiger partial charge in [0, 0.05) is 20.1 Å². The molecule has 120 valence electrons. The van der Waals surface area contributed by atoms with E-state index >= 15 is 0 Å². The quantitative estimate of drug-likeness (QED) is 0.807. The number of rotatable bonds is 6. The zero-order valence-electron chi connectivity index (χ0n) is 12.0. The zero-order chi connectivity index (χ0) is 15.3. The Balaban J connectivity index is 0.00000400. The minimum absolute atomic E-state index is 0. The lowest BCUT2D eigenvalue weighted by atomic mass is 10.1. The molecule has 0 saturated carbocycles. The Morgan fingerprint density at radius 2 is 2.00 bits per heavy atom. The van der Waals surface area contributed by atoms with Gasteiger partial charge in [0.15, 0.2) is 0 Å². The van der Waals surface area contributed by atoms with Crippen LogP contribution in [0.25, 0.3) is 0 Å². The smallest absolute Gasteiger partial charge is 0.255 e. The number of hydrogen-bond donors (Lipinski definition) is 2. The topological polar surface area (TPSA) is 78.5 Å². The van der Waals surface area contributed by atoms with E-state index in [2.05, 4.69) is 10.0 Å². The van der Waals surface area contributed by atoms with Gasteiger partial charge in [-0.25, -0.2) is 12.8 Å². The maximum absolute atomic E-state index is 13.3. The first kappa shape index (κ1) is 19.6. The molecule has 6 nitrogen and oxygen atoms in total. The predicted octanol–water partition coefficient (Wildman–Crippen LogP) is 0.910. The van der Waals surface area contributed by atoms with Crippen molar-refractivity contribution in [3.05, 3.63) is 29.6 Å². The predicted molar refractivity (Wildman–Crippen MR) is 83.0 cm³/mol. The Morgan fingerprint density at radius 1 is 1.38 bits per heavy atom. The van der Waals surface area contributed by atoms with Crippen molar-refractivity contribution >= 4 is 34.0 Å². The molecule has 0 spiro atoms. The van der Waals surface area contributed by atoms with E-state index in [-0.39, 0.29) is 23.7 Å². The lowest BCUT2D eigenvalue weighted by Gasteiger charge is -2.19. The molecule has 0 aliphatic rings. The third-order valence-corrected chi connectivity index (χ3v) is 3.14. The number of halogens is 2. The number of amides is 1. The molecule has 0 saturated heterocycles. The van der Waals surface area contributed by atoms with Crippen LogP contribution in [0, 0.1) is 5.82 Å². The lowest BCUT2D eigenvalue weighted by Crippen LogP contribution is -2.33. The summed E-state index contributed by atoms with van der Waals surface area (Å²) in [5, 5.41) is 2.89. The van der Waals surface area contributed by atoms with Gasteiger partial charge in [-0.2, -0.15) is 0 Å². The molecule has 1 aromatic carbocycles. The number of likely N-dealkylation sites (N-methyl/N-ethyl adjacent to an activating group) is 2. The highest BCUT2D eigenvalue weighted by atomic mass is 35.5. The van der Waals surface area contributed by atoms with Crippen LogP contribution in [-0.2, 0) is 10.0 Å². The van der Waals surface area contributed by atoms with Crippen LogP contribution in [0.2, 0.25) is 0 Å². The van der Waals surface area contributed by atoms with Crippen LogP contribution in [0.5, 0.6) is 0 Å². The number of carbonyl (C=O) groups is 1. The molecule has 0 atom stereocenters. The van der Waals surface area contributed by atoms with E-state index in [1.54, 1.807) is 14.1 Å². The summed E-state index contributed by atoms with van der Waals surface area (Å²) in [4.78, 5) is 13.6. The normalized spacial score (nSPS) is 10.7. The van der Waals surface area contributed by atoms with Crippen LogP contribution in [0.4, 0.5) is 10.1 Å². The Bertz CT molecular complexity index is 595. The Morgan fingerprint density at radius 3 is 2.52 bits per heavy atom. The van der Waals surface area contributed by atoms with Crippen molar-refractivity contribution < 1.29 is 17.6 Å². The summed E-state index contributed by atoms with van der Waals surface area (Å²) < 4.78 is 38.0. The average Bonchev–Trinajstić information content (AvgIpc) is 2.35. The van der Waals surface area contributed by atoms with Gasteiger partial charge in [0.2, 0.25) is 10.0 Å². The van der Waals surface area contributed by atoms with Gasteiger partial charge in [-0.3, -0.25) is 9.52 Å². The second-order valence-electron chi connectivity index (χ2n) is 4.39. The molecule has 21 heavy (non-hydrogen) atoms. The van der Waals surface area contributed by atoms with Crippen molar-refractivity contribution in [3.63, 3.8) is 0 Å². The molecule has 0 unspecified atom stereocenters. The molecule has 0 fully saturated rings. The Hall–Kier alpha value is -1.38. The zero-order valence-corrected chi connectivity index (χ0v) is 13.6. The lowest BCUT2D eigenvalue weighted by molar-refractivity contribution is 0.0797. The number of carbonyl (C=O) groups excluding carboxylic acids is 1. The first-order valence-electron chi connectivity index (χ1n) is 5.92. The number of hydrogen-bond acceptors (Lipinski definition) is 4. The van der Waals surface area contributed by atoms with Crippen LogP contribution in [0.1, 0.15) is 10.4 Å². The first-order valence-corrected chi connectivity index (χ1v) is 7.81. The molecule has 1 amide bonds. The SMILES string of the molecule is CNCCN(C)C(=O)c1cc(F)ccc1NS(C)(=O)=O.Cl. The molecule has 9 heteroatoms. The Kier molecular flexibility index (Phi) is 7.62. The van der Waals surface area contributed by atoms with Crippen LogP contribution in [0.3, 0.4) is 0 Å². The van der Waals surface area contributed by atoms with Crippen LogP contribution < -0.4 is 10.0 Å². The molecule has 0 heterocycles. The van der Waals surface area contributed by atoms with E-state index in [9.17, 15) is 17.6 Å². The van der Waals surface area contributed by atoms with Crippen molar-refractivity contribution in [1.82, 2.24) is 10.2 Å². The molecule has 0 aliphatic carbocycles. The summed E-state index contributed by atoms with van der Waals surface area (Å²) in [6, 6.07) is 3.35. The summed E-state index contributed by atoms with van der Waals surface area (Å²) in [6.07, 6.45) is 0.968. The second-order valence-corrected chi connectivity index (χ2v) is 6.14. The van der Waals surface area contributed by atoms with E-state index in [1.165, 1.54) is 11.0 Å². The Labute approximate surface area is 130 Å². The molecular formula is C12H19ClFN3O3S. The van der Waals surface area contributed by atoms with Crippen LogP contribution in [0.15, 0.2) is 18.2 Å². The van der Waals surface area contributed by atoms with E-state index in [0.29, 0.717) is 13.1 Å². The monoisotopic (exact) mass is 339 g/mol. The fourth-order valence-electron chi connectivity index (χ4n) is 1.57. The fourth-order valence-corrected chi connectivity index (χ4v) is 2.15. The summed E-state index contributed by atoms with van der Waals surface area (Å²) in [5.74, 6) is -1.06. The van der Waals surface area contributed by atoms with E-state index in [1.807, 2.05) is 0 Å².